The molecule has 0 aliphatic heterocycles. The van der Waals surface area contributed by atoms with Gasteiger partial charge in [-0.2, -0.15) is 0 Å². The zero-order valence-electron chi connectivity index (χ0n) is 14.2. The van der Waals surface area contributed by atoms with Crippen LogP contribution in [-0.2, 0) is 0 Å². The maximum absolute atomic E-state index is 11.8. The molecule has 0 radical (unpaired) electrons. The molecule has 2 aromatic carbocycles. The molecule has 4 rings (SSSR count). The lowest BCUT2D eigenvalue weighted by molar-refractivity contribution is 0.0696. The number of aromatic nitrogens is 2. The molecule has 0 bridgehead atoms. The van der Waals surface area contributed by atoms with Gasteiger partial charge < -0.3 is 15.2 Å². The Labute approximate surface area is 155 Å². The zero-order valence-corrected chi connectivity index (χ0v) is 14.2. The first-order valence-corrected chi connectivity index (χ1v) is 8.28. The summed E-state index contributed by atoms with van der Waals surface area (Å²) in [4.78, 5) is 20.2. The number of nitrogens with one attached hydrogen (secondary N) is 1. The lowest BCUT2D eigenvalue weighted by Gasteiger charge is -2.12. The van der Waals surface area contributed by atoms with E-state index in [9.17, 15) is 9.90 Å². The van der Waals surface area contributed by atoms with Crippen molar-refractivity contribution in [1.82, 2.24) is 9.97 Å². The predicted molar refractivity (Wildman–Crippen MR) is 103 cm³/mol. The molecule has 4 aromatic rings. The largest absolute Gasteiger partial charge is 0.478 e. The highest BCUT2D eigenvalue weighted by Crippen LogP contribution is 2.32. The third-order valence-corrected chi connectivity index (χ3v) is 3.98. The smallest absolute Gasteiger partial charge is 0.340 e. The van der Waals surface area contributed by atoms with Crippen molar-refractivity contribution >= 4 is 28.4 Å². The maximum Gasteiger partial charge on any atom is 0.340 e. The molecule has 6 nitrogen and oxygen atoms in total. The van der Waals surface area contributed by atoms with E-state index in [4.69, 9.17) is 4.74 Å². The molecule has 0 aliphatic carbocycles. The Morgan fingerprint density at radius 1 is 0.889 bits per heavy atom. The van der Waals surface area contributed by atoms with E-state index in [1.807, 2.05) is 36.4 Å². The van der Waals surface area contributed by atoms with E-state index in [1.165, 1.54) is 0 Å². The van der Waals surface area contributed by atoms with E-state index in [-0.39, 0.29) is 11.3 Å². The average molecular weight is 357 g/mol. The summed E-state index contributed by atoms with van der Waals surface area (Å²) in [5.41, 5.74) is 0.129. The molecule has 2 aromatic heterocycles. The number of rotatable bonds is 5. The van der Waals surface area contributed by atoms with Crippen LogP contribution in [0.25, 0.3) is 10.8 Å². The lowest BCUT2D eigenvalue weighted by atomic mass is 10.0. The second-order valence-corrected chi connectivity index (χ2v) is 5.78. The van der Waals surface area contributed by atoms with Crippen molar-refractivity contribution in [3.63, 3.8) is 0 Å². The van der Waals surface area contributed by atoms with E-state index in [1.54, 1.807) is 42.7 Å². The van der Waals surface area contributed by atoms with E-state index in [0.29, 0.717) is 22.8 Å². The summed E-state index contributed by atoms with van der Waals surface area (Å²) >= 11 is 0. The van der Waals surface area contributed by atoms with Crippen molar-refractivity contribution < 1.29 is 14.6 Å². The van der Waals surface area contributed by atoms with Gasteiger partial charge in [0.15, 0.2) is 0 Å². The molecule has 0 fully saturated rings. The van der Waals surface area contributed by atoms with Crippen molar-refractivity contribution in [1.29, 1.82) is 0 Å². The van der Waals surface area contributed by atoms with Gasteiger partial charge in [-0.1, -0.05) is 36.4 Å². The van der Waals surface area contributed by atoms with Gasteiger partial charge in [0.25, 0.3) is 0 Å². The van der Waals surface area contributed by atoms with Gasteiger partial charge in [0.2, 0.25) is 0 Å². The summed E-state index contributed by atoms with van der Waals surface area (Å²) in [6.07, 6.45) is 3.26. The molecule has 2 heterocycles. The van der Waals surface area contributed by atoms with Gasteiger partial charge in [-0.3, -0.25) is 0 Å². The molecule has 0 aliphatic rings. The van der Waals surface area contributed by atoms with Crippen LogP contribution in [-0.4, -0.2) is 21.0 Å². The van der Waals surface area contributed by atoms with Crippen molar-refractivity contribution in [2.75, 3.05) is 5.32 Å². The molecular weight excluding hydrogens is 342 g/mol. The molecule has 0 saturated carbocycles. The summed E-state index contributed by atoms with van der Waals surface area (Å²) in [6, 6.07) is 19.7. The average Bonchev–Trinajstić information content (AvgIpc) is 2.68. The summed E-state index contributed by atoms with van der Waals surface area (Å²) < 4.78 is 5.88. The van der Waals surface area contributed by atoms with Crippen LogP contribution < -0.4 is 10.1 Å². The summed E-state index contributed by atoms with van der Waals surface area (Å²) in [7, 11) is 0. The number of aromatic carboxylic acids is 1. The Morgan fingerprint density at radius 3 is 2.52 bits per heavy atom. The molecule has 6 heteroatoms. The minimum atomic E-state index is -1.04. The molecule has 0 saturated heterocycles. The van der Waals surface area contributed by atoms with E-state index in [0.717, 1.165) is 5.39 Å². The summed E-state index contributed by atoms with van der Waals surface area (Å²) in [5, 5.41) is 14.2. The third-order valence-electron chi connectivity index (χ3n) is 3.98. The number of hydrogen-bond donors (Lipinski definition) is 2. The number of carbonyl (C=O) groups is 1. The molecule has 132 valence electrons. The molecule has 0 atom stereocenters. The van der Waals surface area contributed by atoms with Gasteiger partial charge in [0.05, 0.1) is 0 Å². The SMILES string of the molecule is O=C(O)c1c(Oc2ccnc(Nc3ccccn3)c2)ccc2ccccc12. The number of ether oxygens (including phenoxy) is 1. The van der Waals surface area contributed by atoms with E-state index in [2.05, 4.69) is 15.3 Å². The van der Waals surface area contributed by atoms with Crippen molar-refractivity contribution in [2.24, 2.45) is 0 Å². The van der Waals surface area contributed by atoms with Gasteiger partial charge in [-0.05, 0) is 35.0 Å². The Bertz CT molecular complexity index is 1110. The highest BCUT2D eigenvalue weighted by atomic mass is 16.5. The Balaban J connectivity index is 1.67. The second kappa shape index (κ2) is 7.13. The van der Waals surface area contributed by atoms with Gasteiger partial charge in [0.1, 0.15) is 28.7 Å². The fraction of sp³-hybridized carbons (Fsp3) is 0. The van der Waals surface area contributed by atoms with Gasteiger partial charge in [-0.25, -0.2) is 14.8 Å². The Morgan fingerprint density at radius 2 is 1.70 bits per heavy atom. The second-order valence-electron chi connectivity index (χ2n) is 5.78. The minimum absolute atomic E-state index is 0.129. The number of anilines is 2. The highest BCUT2D eigenvalue weighted by Gasteiger charge is 2.16. The topological polar surface area (TPSA) is 84.3 Å². The standard InChI is InChI=1S/C21H15N3O3/c25-21(26)20-16-6-2-1-5-14(16)8-9-17(20)27-15-10-12-23-19(13-15)24-18-7-3-4-11-22-18/h1-13H,(H,25,26)(H,22,23,24). The van der Waals surface area contributed by atoms with Crippen LogP contribution in [0.3, 0.4) is 0 Å². The monoisotopic (exact) mass is 357 g/mol. The third kappa shape index (κ3) is 3.55. The first kappa shape index (κ1) is 16.5. The quantitative estimate of drug-likeness (QED) is 0.530. The van der Waals surface area contributed by atoms with Crippen LogP contribution in [0, 0.1) is 0 Å². The number of carboxylic acid groups (broad SMARTS) is 1. The van der Waals surface area contributed by atoms with Crippen LogP contribution in [0.1, 0.15) is 10.4 Å². The van der Waals surface area contributed by atoms with Gasteiger partial charge >= 0.3 is 5.97 Å². The van der Waals surface area contributed by atoms with Crippen LogP contribution in [0.15, 0.2) is 79.1 Å². The van der Waals surface area contributed by atoms with E-state index >= 15 is 0 Å². The minimum Gasteiger partial charge on any atom is -0.478 e. The van der Waals surface area contributed by atoms with Crippen molar-refractivity contribution in [2.45, 2.75) is 0 Å². The van der Waals surface area contributed by atoms with Crippen LogP contribution in [0.2, 0.25) is 0 Å². The summed E-state index contributed by atoms with van der Waals surface area (Å²) in [6.45, 7) is 0. The van der Waals surface area contributed by atoms with Gasteiger partial charge in [0, 0.05) is 18.5 Å². The van der Waals surface area contributed by atoms with Crippen LogP contribution >= 0.6 is 0 Å². The highest BCUT2D eigenvalue weighted by molar-refractivity contribution is 6.06. The summed E-state index contributed by atoms with van der Waals surface area (Å²) in [5.74, 6) is 0.906. The number of hydrogen-bond acceptors (Lipinski definition) is 5. The number of pyridine rings is 2. The first-order valence-electron chi connectivity index (χ1n) is 8.28. The zero-order chi connectivity index (χ0) is 18.6. The lowest BCUT2D eigenvalue weighted by Crippen LogP contribution is -2.02. The van der Waals surface area contributed by atoms with Crippen LogP contribution in [0.5, 0.6) is 11.5 Å². The fourth-order valence-electron chi connectivity index (χ4n) is 2.80. The number of nitrogens with zero attached hydrogens (tertiary/aromatic N) is 2. The number of fused-ring (bicyclic) bond motifs is 1. The molecule has 27 heavy (non-hydrogen) atoms. The molecule has 0 unspecified atom stereocenters. The number of carboxylic acids is 1. The maximum atomic E-state index is 11.8. The fourth-order valence-corrected chi connectivity index (χ4v) is 2.80. The van der Waals surface area contributed by atoms with Crippen molar-refractivity contribution in [3.05, 3.63) is 84.7 Å². The molecular formula is C21H15N3O3. The van der Waals surface area contributed by atoms with Crippen LogP contribution in [0.4, 0.5) is 11.6 Å². The Hall–Kier alpha value is -3.93. The molecule has 0 spiro atoms. The normalized spacial score (nSPS) is 10.5. The predicted octanol–water partition coefficient (Wildman–Crippen LogP) is 4.86. The van der Waals surface area contributed by atoms with Gasteiger partial charge in [-0.15, -0.1) is 0 Å². The Kier molecular flexibility index (Phi) is 4.37. The molecule has 2 N–H and O–H groups in total. The first-order chi connectivity index (χ1) is 13.2. The van der Waals surface area contributed by atoms with Crippen molar-refractivity contribution in [3.8, 4) is 11.5 Å². The van der Waals surface area contributed by atoms with E-state index < -0.39 is 5.97 Å². The molecule has 0 amide bonds. The number of benzene rings is 2.